The number of hydrogen-bond donors (Lipinski definition) is 0. The monoisotopic (exact) mass is 96.0 g/mol. The third-order valence-electron chi connectivity index (χ3n) is 0. The minimum atomic E-state index is 0. The minimum absolute atomic E-state index is 0. The lowest BCUT2D eigenvalue weighted by atomic mass is 11.4. The Balaban J connectivity index is -0.00000000500. The van der Waals surface area contributed by atoms with Crippen LogP contribution in [0.3, 0.4) is 0 Å². The van der Waals surface area contributed by atoms with E-state index in [0.717, 1.165) is 0 Å². The third-order valence-corrected chi connectivity index (χ3v) is 0. The number of hydrogen-bond acceptors (Lipinski definition) is 0. The van der Waals surface area contributed by atoms with E-state index < -0.39 is 0 Å². The molecule has 0 spiro atoms. The molecule has 0 saturated carbocycles. The summed E-state index contributed by atoms with van der Waals surface area (Å²) in [6, 6.07) is 0. The van der Waals surface area contributed by atoms with Crippen molar-refractivity contribution in [1.29, 1.82) is 0 Å². The van der Waals surface area contributed by atoms with Crippen molar-refractivity contribution in [2.24, 2.45) is 0 Å². The Morgan fingerprint density at radius 3 is 0.750 bits per heavy atom. The maximum absolute atomic E-state index is 4.00. The zero-order chi connectivity index (χ0) is 2.00. The first-order valence-electron chi connectivity index (χ1n) is 0.333. The van der Waals surface area contributed by atoms with Gasteiger partial charge in [0.2, 0.25) is 0 Å². The van der Waals surface area contributed by atoms with Gasteiger partial charge in [0.1, 0.15) is 0 Å². The molecule has 4 heavy (non-hydrogen) atoms. The molecule has 0 aromatic heterocycles. The maximum Gasteiger partial charge on any atom is -0.124 e. The summed E-state index contributed by atoms with van der Waals surface area (Å²) in [5.41, 5.74) is 0. The third kappa shape index (κ3) is 142. The van der Waals surface area contributed by atoms with Crippen molar-refractivity contribution in [2.45, 2.75) is 0 Å². The number of terminal acetylenes is 1. The summed E-state index contributed by atoms with van der Waals surface area (Å²) in [6.07, 6.45) is 8.00. The zero-order valence-electron chi connectivity index (χ0n) is 1.91. The smallest absolute Gasteiger partial charge is 0.124 e. The molecule has 0 aliphatic heterocycles. The summed E-state index contributed by atoms with van der Waals surface area (Å²) in [6.45, 7) is 0. The van der Waals surface area contributed by atoms with Gasteiger partial charge in [0.25, 0.3) is 0 Å². The second-order valence-electron chi connectivity index (χ2n) is 0. The molecule has 0 unspecified atom stereocenters. The highest BCUT2D eigenvalue weighted by Crippen LogP contribution is 0.579. The molecule has 0 radical (unpaired) electrons. The lowest BCUT2D eigenvalue weighted by Gasteiger charge is -1.00. The van der Waals surface area contributed by atoms with E-state index in [4.69, 9.17) is 0 Å². The first-order chi connectivity index (χ1) is 1.00. The van der Waals surface area contributed by atoms with Crippen LogP contribution in [0.15, 0.2) is 0 Å². The van der Waals surface area contributed by atoms with Crippen LogP contribution in [0.1, 0.15) is 0 Å². The molecule has 0 N–H and O–H groups in total. The van der Waals surface area contributed by atoms with Crippen LogP contribution in [0.5, 0.6) is 0 Å². The van der Waals surface area contributed by atoms with Crippen molar-refractivity contribution < 1.29 is 24.8 Å². The number of halogens is 2. The van der Waals surface area contributed by atoms with E-state index in [2.05, 4.69) is 12.8 Å². The predicted octanol–water partition coefficient (Wildman–Crippen LogP) is -5.74. The highest BCUT2D eigenvalue weighted by atomic mass is 35.5. The van der Waals surface area contributed by atoms with Crippen molar-refractivity contribution >= 4 is 0 Å². The van der Waals surface area contributed by atoms with Gasteiger partial charge in [0.15, 0.2) is 0 Å². The van der Waals surface area contributed by atoms with E-state index in [9.17, 15) is 0 Å². The lowest BCUT2D eigenvalue weighted by molar-refractivity contribution is -0.00100. The largest absolute Gasteiger partial charge is 1.00 e. The SMILES string of the molecule is C#C.[Cl-].[Cl-]. The molecule has 0 saturated heterocycles. The van der Waals surface area contributed by atoms with E-state index in [1.165, 1.54) is 0 Å². The second-order valence-corrected chi connectivity index (χ2v) is 0. The van der Waals surface area contributed by atoms with Crippen LogP contribution in [0.4, 0.5) is 0 Å². The summed E-state index contributed by atoms with van der Waals surface area (Å²) >= 11 is 0. The van der Waals surface area contributed by atoms with Crippen LogP contribution in [0, 0.1) is 12.8 Å². The minimum Gasteiger partial charge on any atom is -1.00 e. The van der Waals surface area contributed by atoms with Gasteiger partial charge in [0, 0.05) is 0 Å². The highest BCUT2D eigenvalue weighted by Gasteiger charge is 0.454. The van der Waals surface area contributed by atoms with E-state index in [1.807, 2.05) is 0 Å². The average Bonchev–Trinajstić information content (AvgIpc) is 1.00. The quantitative estimate of drug-likeness (QED) is 0.264. The first kappa shape index (κ1) is 31.4. The molecule has 0 aromatic rings. The maximum atomic E-state index is 4.00. The molecule has 0 fully saturated rings. The highest BCUT2D eigenvalue weighted by molar-refractivity contribution is 4.47. The predicted molar refractivity (Wildman–Crippen MR) is 9.89 cm³/mol. The van der Waals surface area contributed by atoms with Gasteiger partial charge < -0.3 is 24.8 Å². The Labute approximate surface area is 38.4 Å². The average molecular weight is 96.9 g/mol. The van der Waals surface area contributed by atoms with Crippen molar-refractivity contribution in [2.75, 3.05) is 0 Å². The van der Waals surface area contributed by atoms with Gasteiger partial charge in [-0.1, -0.05) is 0 Å². The van der Waals surface area contributed by atoms with Crippen LogP contribution in [-0.2, 0) is 0 Å². The summed E-state index contributed by atoms with van der Waals surface area (Å²) in [5, 5.41) is 0. The molecule has 0 atom stereocenters. The molecule has 0 nitrogen and oxygen atoms in total. The van der Waals surface area contributed by atoms with E-state index in [-0.39, 0.29) is 24.8 Å². The van der Waals surface area contributed by atoms with Crippen molar-refractivity contribution in [1.82, 2.24) is 0 Å². The topological polar surface area (TPSA) is 0 Å². The fourth-order valence-corrected chi connectivity index (χ4v) is 0. The lowest BCUT2D eigenvalue weighted by Crippen LogP contribution is -3.00. The van der Waals surface area contributed by atoms with Crippen LogP contribution in [-0.4, -0.2) is 0 Å². The van der Waals surface area contributed by atoms with Crippen LogP contribution in [0.2, 0.25) is 0 Å². The van der Waals surface area contributed by atoms with Gasteiger partial charge >= 0.3 is 0 Å². The fraction of sp³-hybridized carbons (Fsp3) is 0. The number of rotatable bonds is 0. The molecular weight excluding hydrogens is 94.9 g/mol. The van der Waals surface area contributed by atoms with Crippen molar-refractivity contribution in [3.63, 3.8) is 0 Å². The first-order valence-corrected chi connectivity index (χ1v) is 0.333. The fourth-order valence-electron chi connectivity index (χ4n) is 0. The molecule has 2 heteroatoms. The molecular formula is C2H2Cl2-2. The van der Waals surface area contributed by atoms with Crippen LogP contribution < -0.4 is 24.8 Å². The molecule has 0 aliphatic rings. The Kier molecular flexibility index (Phi) is 5760. The molecule has 0 heterocycles. The van der Waals surface area contributed by atoms with Gasteiger partial charge in [-0.15, -0.1) is 12.8 Å². The van der Waals surface area contributed by atoms with Gasteiger partial charge in [0.05, 0.1) is 0 Å². The Morgan fingerprint density at radius 2 is 0.750 bits per heavy atom. The summed E-state index contributed by atoms with van der Waals surface area (Å²) < 4.78 is 0. The molecule has 0 aliphatic carbocycles. The molecule has 26 valence electrons. The van der Waals surface area contributed by atoms with E-state index in [1.54, 1.807) is 0 Å². The second kappa shape index (κ2) is 734. The zero-order valence-corrected chi connectivity index (χ0v) is 3.42. The standard InChI is InChI=1S/C2H2.2ClH/c1-2;;/h1-2H;2*1H/p-2. The van der Waals surface area contributed by atoms with Crippen molar-refractivity contribution in [3.8, 4) is 12.8 Å². The Morgan fingerprint density at radius 1 is 0.750 bits per heavy atom. The van der Waals surface area contributed by atoms with Gasteiger partial charge in [-0.2, -0.15) is 0 Å². The normalized spacial score (nSPS) is 0.500. The molecule has 0 aromatic carbocycles. The van der Waals surface area contributed by atoms with Gasteiger partial charge in [-0.3, -0.25) is 0 Å². The summed E-state index contributed by atoms with van der Waals surface area (Å²) in [7, 11) is 0. The summed E-state index contributed by atoms with van der Waals surface area (Å²) in [4.78, 5) is 0. The van der Waals surface area contributed by atoms with Gasteiger partial charge in [-0.05, 0) is 0 Å². The van der Waals surface area contributed by atoms with E-state index >= 15 is 0 Å². The van der Waals surface area contributed by atoms with Crippen LogP contribution >= 0.6 is 0 Å². The molecule has 0 amide bonds. The van der Waals surface area contributed by atoms with Crippen molar-refractivity contribution in [3.05, 3.63) is 0 Å². The van der Waals surface area contributed by atoms with Crippen LogP contribution in [0.25, 0.3) is 0 Å². The molecule has 0 rings (SSSR count). The van der Waals surface area contributed by atoms with E-state index in [0.29, 0.717) is 0 Å². The summed E-state index contributed by atoms with van der Waals surface area (Å²) in [5.74, 6) is 0. The Bertz CT molecular complexity index is 8.75. The van der Waals surface area contributed by atoms with Gasteiger partial charge in [-0.25, -0.2) is 0 Å². The molecule has 0 bridgehead atoms. The Hall–Kier alpha value is 0.140.